The fourth-order valence-corrected chi connectivity index (χ4v) is 10.6. The van der Waals surface area contributed by atoms with Crippen LogP contribution >= 0.6 is 0 Å². The zero-order valence-electron chi connectivity index (χ0n) is 53.6. The number of carbonyl (C=O) groups is 1. The molecule has 3 fully saturated rings. The SMILES string of the molecule is CC/C=C\C/C=C\C/C=C\C/C=C\C/C=C\C/C=C\C/C=C\CCCCCCCCCC(=O)NC(COC1OC(CO)C(OC2OC(CO)C(OC3OC(CO)C(O)C(O)C3O)C(O)C2O)C(O)C1O)C(O)/C=C/CC/C=C/CCCCCCCCCCC. The number of nitrogens with one attached hydrogen (secondary N) is 1. The van der Waals surface area contributed by atoms with Gasteiger partial charge in [-0.05, 0) is 89.9 Å². The Labute approximate surface area is 532 Å². The summed E-state index contributed by atoms with van der Waals surface area (Å²) in [6.07, 6.45) is 40.6. The van der Waals surface area contributed by atoms with Crippen LogP contribution in [0.1, 0.15) is 194 Å². The summed E-state index contributed by atoms with van der Waals surface area (Å²) in [5.74, 6) is -0.302. The van der Waals surface area contributed by atoms with Crippen LogP contribution in [0.3, 0.4) is 0 Å². The van der Waals surface area contributed by atoms with Crippen molar-refractivity contribution in [3.05, 3.63) is 109 Å². The smallest absolute Gasteiger partial charge is 0.220 e. The van der Waals surface area contributed by atoms with Crippen molar-refractivity contribution in [3.63, 3.8) is 0 Å². The molecule has 0 spiro atoms. The Bertz CT molecular complexity index is 2040. The molecule has 0 bridgehead atoms. The van der Waals surface area contributed by atoms with E-state index in [9.17, 15) is 61.0 Å². The zero-order chi connectivity index (χ0) is 64.7. The van der Waals surface area contributed by atoms with Crippen LogP contribution in [-0.2, 0) is 33.2 Å². The number of ether oxygens (including phenoxy) is 6. The molecule has 0 aliphatic carbocycles. The third-order valence-electron chi connectivity index (χ3n) is 16.1. The van der Waals surface area contributed by atoms with E-state index >= 15 is 0 Å². The highest BCUT2D eigenvalue weighted by Crippen LogP contribution is 2.33. The van der Waals surface area contributed by atoms with Gasteiger partial charge >= 0.3 is 0 Å². The molecule has 17 atom stereocenters. The standard InChI is InChI=1S/C70H117NO18/c1-3-5-7-9-11-13-15-17-19-20-21-22-23-24-25-26-27-28-29-30-31-32-34-36-38-40-42-44-46-48-58(76)71-53(54(75)47-45-43-41-39-37-35-33-18-16-14-12-10-8-6-4-2)52-84-68-64(82)61(79)66(56(50-73)86-68)89-70-65(83)62(80)67(57(51-74)87-70)88-69-63(81)60(78)59(77)55(49-72)85-69/h5,7,11,13,17,19,21-22,24-25,27-28,30-31,37,39,45,47,53-57,59-70,72-75,77-83H,3-4,6,8-10,12,14-16,18,20,23,26,29,32-36,38,40-44,46,48-52H2,1-2H3,(H,71,76)/b7-5-,13-11-,19-17-,22-21-,25-24-,28-27-,31-30-,39-37+,47-45+. The summed E-state index contributed by atoms with van der Waals surface area (Å²) >= 11 is 0. The van der Waals surface area contributed by atoms with Crippen LogP contribution in [0.4, 0.5) is 0 Å². The minimum Gasteiger partial charge on any atom is -0.394 e. The molecule has 0 saturated carbocycles. The van der Waals surface area contributed by atoms with E-state index in [1.54, 1.807) is 6.08 Å². The Morgan fingerprint density at radius 2 is 0.787 bits per heavy atom. The van der Waals surface area contributed by atoms with Gasteiger partial charge in [-0.1, -0.05) is 207 Å². The van der Waals surface area contributed by atoms with Crippen LogP contribution in [0.15, 0.2) is 109 Å². The average Bonchev–Trinajstić information content (AvgIpc) is 2.42. The molecule has 3 aliphatic rings. The summed E-state index contributed by atoms with van der Waals surface area (Å²) in [4.78, 5) is 13.4. The lowest BCUT2D eigenvalue weighted by Gasteiger charge is -2.48. The fourth-order valence-electron chi connectivity index (χ4n) is 10.6. The predicted octanol–water partition coefficient (Wildman–Crippen LogP) is 8.27. The number of aliphatic hydroxyl groups excluding tert-OH is 11. The van der Waals surface area contributed by atoms with Crippen molar-refractivity contribution < 1.29 is 89.4 Å². The average molecular weight is 1260 g/mol. The van der Waals surface area contributed by atoms with Crippen LogP contribution in [0.25, 0.3) is 0 Å². The highest BCUT2D eigenvalue weighted by atomic mass is 16.8. The number of rotatable bonds is 49. The molecule has 12 N–H and O–H groups in total. The largest absolute Gasteiger partial charge is 0.394 e. The van der Waals surface area contributed by atoms with E-state index in [0.29, 0.717) is 12.8 Å². The number of carbonyl (C=O) groups excluding carboxylic acids is 1. The molecular formula is C70H117NO18. The number of allylic oxidation sites excluding steroid dienone is 17. The zero-order valence-corrected chi connectivity index (χ0v) is 53.6. The Balaban J connectivity index is 1.44. The number of amides is 1. The molecule has 3 heterocycles. The summed E-state index contributed by atoms with van der Waals surface area (Å²) in [5.41, 5.74) is 0. The normalized spacial score (nSPS) is 28.9. The van der Waals surface area contributed by atoms with Crippen molar-refractivity contribution in [2.75, 3.05) is 26.4 Å². The third-order valence-corrected chi connectivity index (χ3v) is 16.1. The Hall–Kier alpha value is -3.55. The van der Waals surface area contributed by atoms with Gasteiger partial charge in [-0.15, -0.1) is 0 Å². The first kappa shape index (κ1) is 79.7. The monoisotopic (exact) mass is 1260 g/mol. The van der Waals surface area contributed by atoms with Gasteiger partial charge in [0.1, 0.15) is 73.2 Å². The Morgan fingerprint density at radius 1 is 0.416 bits per heavy atom. The lowest BCUT2D eigenvalue weighted by Crippen LogP contribution is -2.66. The molecule has 3 saturated heterocycles. The van der Waals surface area contributed by atoms with Gasteiger partial charge in [0.05, 0.1) is 38.6 Å². The molecule has 1 amide bonds. The van der Waals surface area contributed by atoms with E-state index in [2.05, 4.69) is 116 Å². The van der Waals surface area contributed by atoms with Crippen molar-refractivity contribution in [2.24, 2.45) is 0 Å². The molecule has 3 aliphatic heterocycles. The second-order valence-electron chi connectivity index (χ2n) is 23.5. The molecule has 510 valence electrons. The summed E-state index contributed by atoms with van der Waals surface area (Å²) < 4.78 is 34.3. The van der Waals surface area contributed by atoms with E-state index < -0.39 is 124 Å². The van der Waals surface area contributed by atoms with E-state index in [0.717, 1.165) is 109 Å². The molecule has 17 unspecified atom stereocenters. The van der Waals surface area contributed by atoms with Crippen LogP contribution in [0.5, 0.6) is 0 Å². The molecule has 19 nitrogen and oxygen atoms in total. The molecule has 19 heteroatoms. The highest BCUT2D eigenvalue weighted by Gasteiger charge is 2.53. The number of aliphatic hydroxyl groups is 11. The van der Waals surface area contributed by atoms with Crippen molar-refractivity contribution in [1.82, 2.24) is 5.32 Å². The van der Waals surface area contributed by atoms with E-state index in [4.69, 9.17) is 28.4 Å². The van der Waals surface area contributed by atoms with Gasteiger partial charge in [0, 0.05) is 6.42 Å². The minimum absolute atomic E-state index is 0.215. The van der Waals surface area contributed by atoms with Crippen LogP contribution in [0.2, 0.25) is 0 Å². The number of hydrogen-bond acceptors (Lipinski definition) is 18. The summed E-state index contributed by atoms with van der Waals surface area (Å²) in [5, 5.41) is 120. The molecular weight excluding hydrogens is 1140 g/mol. The molecule has 0 aromatic rings. The van der Waals surface area contributed by atoms with Gasteiger partial charge in [-0.2, -0.15) is 0 Å². The fraction of sp³-hybridized carbons (Fsp3) is 0.729. The van der Waals surface area contributed by atoms with Gasteiger partial charge in [0.2, 0.25) is 5.91 Å². The first-order valence-electron chi connectivity index (χ1n) is 33.6. The second-order valence-corrected chi connectivity index (χ2v) is 23.5. The van der Waals surface area contributed by atoms with Crippen LogP contribution in [-0.4, -0.2) is 193 Å². The van der Waals surface area contributed by atoms with Gasteiger partial charge in [0.25, 0.3) is 0 Å². The first-order chi connectivity index (χ1) is 43.3. The number of hydrogen-bond donors (Lipinski definition) is 12. The third kappa shape index (κ3) is 33.2. The second kappa shape index (κ2) is 50.9. The Kier molecular flexibility index (Phi) is 45.6. The van der Waals surface area contributed by atoms with Gasteiger partial charge in [0.15, 0.2) is 18.9 Å². The van der Waals surface area contributed by atoms with E-state index in [1.165, 1.54) is 51.4 Å². The first-order valence-corrected chi connectivity index (χ1v) is 33.6. The number of unbranched alkanes of at least 4 members (excludes halogenated alkanes) is 17. The maximum Gasteiger partial charge on any atom is 0.220 e. The molecule has 0 aromatic carbocycles. The molecule has 89 heavy (non-hydrogen) atoms. The van der Waals surface area contributed by atoms with Crippen LogP contribution in [0, 0.1) is 0 Å². The maximum atomic E-state index is 13.4. The minimum atomic E-state index is -1.99. The van der Waals surface area contributed by atoms with Gasteiger partial charge in [-0.25, -0.2) is 0 Å². The topological polar surface area (TPSA) is 307 Å². The van der Waals surface area contributed by atoms with E-state index in [1.807, 2.05) is 6.08 Å². The summed E-state index contributed by atoms with van der Waals surface area (Å²) in [7, 11) is 0. The molecule has 0 radical (unpaired) electrons. The van der Waals surface area contributed by atoms with Gasteiger partial charge in [-0.3, -0.25) is 4.79 Å². The van der Waals surface area contributed by atoms with Crippen LogP contribution < -0.4 is 5.32 Å². The maximum absolute atomic E-state index is 13.4. The predicted molar refractivity (Wildman–Crippen MR) is 346 cm³/mol. The lowest BCUT2D eigenvalue weighted by atomic mass is 9.96. The quantitative estimate of drug-likeness (QED) is 0.0201. The lowest BCUT2D eigenvalue weighted by molar-refractivity contribution is -0.379. The van der Waals surface area contributed by atoms with Crippen molar-refractivity contribution >= 4 is 5.91 Å². The highest BCUT2D eigenvalue weighted by molar-refractivity contribution is 5.76. The molecule has 3 rings (SSSR count). The van der Waals surface area contributed by atoms with Crippen molar-refractivity contribution in [3.8, 4) is 0 Å². The van der Waals surface area contributed by atoms with E-state index in [-0.39, 0.29) is 18.9 Å². The van der Waals surface area contributed by atoms with Crippen molar-refractivity contribution in [2.45, 2.75) is 298 Å². The van der Waals surface area contributed by atoms with Gasteiger partial charge < -0.3 is 89.9 Å². The summed E-state index contributed by atoms with van der Waals surface area (Å²) in [6.45, 7) is 1.56. The molecule has 0 aromatic heterocycles. The summed E-state index contributed by atoms with van der Waals surface area (Å²) in [6, 6.07) is -1.00. The van der Waals surface area contributed by atoms with Crippen molar-refractivity contribution in [1.29, 1.82) is 0 Å². The Morgan fingerprint density at radius 3 is 1.26 bits per heavy atom.